The summed E-state index contributed by atoms with van der Waals surface area (Å²) in [6, 6.07) is 0. The van der Waals surface area contributed by atoms with E-state index in [0.29, 0.717) is 19.6 Å². The molecule has 0 amide bonds. The summed E-state index contributed by atoms with van der Waals surface area (Å²) >= 11 is 0. The quantitative estimate of drug-likeness (QED) is 0.524. The molecule has 2 unspecified atom stereocenters. The molecule has 2 heterocycles. The Balaban J connectivity index is 1.99. The van der Waals surface area contributed by atoms with Gasteiger partial charge in [0.15, 0.2) is 0 Å². The van der Waals surface area contributed by atoms with E-state index >= 15 is 0 Å². The normalized spacial score (nSPS) is 33.1. The van der Waals surface area contributed by atoms with Crippen LogP contribution in [0.1, 0.15) is 13.8 Å². The number of ether oxygens (including phenoxy) is 2. The first-order valence-electron chi connectivity index (χ1n) is 9.65. The molecule has 0 aliphatic carbocycles. The highest BCUT2D eigenvalue weighted by atomic mass is 31.2. The van der Waals surface area contributed by atoms with Crippen LogP contribution in [0.3, 0.4) is 0 Å². The molecule has 0 aromatic carbocycles. The van der Waals surface area contributed by atoms with Crippen LogP contribution in [0, 0.1) is 0 Å². The lowest BCUT2D eigenvalue weighted by molar-refractivity contribution is -0.0790. The number of nitrogens with one attached hydrogen (secondary N) is 1. The number of nitrogens with zero attached hydrogens (tertiary/aromatic N) is 3. The predicted octanol–water partition coefficient (Wildman–Crippen LogP) is 1.11. The van der Waals surface area contributed by atoms with Crippen molar-refractivity contribution in [3.63, 3.8) is 0 Å². The van der Waals surface area contributed by atoms with Crippen molar-refractivity contribution >= 4 is 15.8 Å². The number of morpholine rings is 2. The molecular formula is C16H36N4O6P2. The molecule has 0 saturated carbocycles. The summed E-state index contributed by atoms with van der Waals surface area (Å²) in [4.78, 5) is 0. The summed E-state index contributed by atoms with van der Waals surface area (Å²) in [6.07, 6.45) is -0.512. The molecule has 0 spiro atoms. The van der Waals surface area contributed by atoms with Gasteiger partial charge in [-0.05, 0) is 42.0 Å². The first-order valence-corrected chi connectivity index (χ1v) is 12.4. The Morgan fingerprint density at radius 3 is 2.36 bits per heavy atom. The van der Waals surface area contributed by atoms with Gasteiger partial charge in [0, 0.05) is 26.2 Å². The fourth-order valence-corrected chi connectivity index (χ4v) is 5.89. The first-order chi connectivity index (χ1) is 13.1. The van der Waals surface area contributed by atoms with Crippen molar-refractivity contribution in [1.29, 1.82) is 0 Å². The minimum absolute atomic E-state index is 0.103. The largest absolute Gasteiger partial charge is 0.370 e. The van der Waals surface area contributed by atoms with Crippen LogP contribution >= 0.6 is 15.8 Å². The lowest BCUT2D eigenvalue weighted by Gasteiger charge is -2.42. The van der Waals surface area contributed by atoms with Crippen molar-refractivity contribution in [2.45, 2.75) is 38.3 Å². The van der Waals surface area contributed by atoms with Crippen LogP contribution < -0.4 is 5.32 Å². The highest BCUT2D eigenvalue weighted by Gasteiger charge is 2.41. The molecule has 1 N–H and O–H groups in total. The number of hydrogen-bond donors (Lipinski definition) is 1. The van der Waals surface area contributed by atoms with Gasteiger partial charge in [0.25, 0.3) is 8.18 Å². The third-order valence-electron chi connectivity index (χ3n) is 4.58. The van der Waals surface area contributed by atoms with Gasteiger partial charge in [-0.25, -0.2) is 14.0 Å². The molecule has 166 valence electrons. The van der Waals surface area contributed by atoms with Crippen molar-refractivity contribution < 1.29 is 27.7 Å². The Kier molecular flexibility index (Phi) is 9.55. The van der Waals surface area contributed by atoms with Crippen molar-refractivity contribution in [2.24, 2.45) is 0 Å². The average Bonchev–Trinajstić information content (AvgIpc) is 2.63. The van der Waals surface area contributed by atoms with Crippen molar-refractivity contribution in [3.05, 3.63) is 0 Å². The molecule has 2 fully saturated rings. The maximum Gasteiger partial charge on any atom is 0.345 e. The first kappa shape index (κ1) is 24.4. The smallest absolute Gasteiger partial charge is 0.345 e. The van der Waals surface area contributed by atoms with E-state index in [1.807, 2.05) is 18.5 Å². The molecule has 12 heteroatoms. The number of rotatable bonds is 9. The van der Waals surface area contributed by atoms with Crippen molar-refractivity contribution in [2.75, 3.05) is 67.6 Å². The highest BCUT2D eigenvalue weighted by molar-refractivity contribution is 7.53. The lowest BCUT2D eigenvalue weighted by atomic mass is 10.2. The monoisotopic (exact) mass is 442 g/mol. The summed E-state index contributed by atoms with van der Waals surface area (Å²) in [6.45, 7) is 6.68. The molecule has 2 aliphatic rings. The fraction of sp³-hybridized carbons (Fsp3) is 1.00. The van der Waals surface area contributed by atoms with E-state index in [-0.39, 0.29) is 37.6 Å². The van der Waals surface area contributed by atoms with Crippen molar-refractivity contribution in [1.82, 2.24) is 19.3 Å². The SMILES string of the molecule is C[C@H]1CNC[C@@H](COP(=O)(N(C)C)N2C[C@@H](CO[PH](=O)N(C)C)O[C@@H](C)C2)O1. The summed E-state index contributed by atoms with van der Waals surface area (Å²) in [5, 5.41) is 3.29. The maximum atomic E-state index is 13.7. The average molecular weight is 442 g/mol. The second-order valence-corrected chi connectivity index (χ2v) is 12.1. The molecule has 10 nitrogen and oxygen atoms in total. The maximum absolute atomic E-state index is 13.7. The van der Waals surface area contributed by atoms with E-state index < -0.39 is 15.8 Å². The van der Waals surface area contributed by atoms with Crippen LogP contribution in [0.25, 0.3) is 0 Å². The van der Waals surface area contributed by atoms with Crippen LogP contribution in [0.15, 0.2) is 0 Å². The molecular weight excluding hydrogens is 406 g/mol. The molecule has 2 saturated heterocycles. The van der Waals surface area contributed by atoms with Gasteiger partial charge in [0.2, 0.25) is 0 Å². The van der Waals surface area contributed by atoms with Gasteiger partial charge in [-0.1, -0.05) is 0 Å². The highest BCUT2D eigenvalue weighted by Crippen LogP contribution is 2.53. The van der Waals surface area contributed by atoms with E-state index in [1.54, 1.807) is 37.5 Å². The minimum atomic E-state index is -3.25. The van der Waals surface area contributed by atoms with E-state index in [4.69, 9.17) is 18.5 Å². The van der Waals surface area contributed by atoms with Gasteiger partial charge >= 0.3 is 7.67 Å². The summed E-state index contributed by atoms with van der Waals surface area (Å²) < 4.78 is 53.7. The summed E-state index contributed by atoms with van der Waals surface area (Å²) in [5.41, 5.74) is 0. The predicted molar refractivity (Wildman–Crippen MR) is 109 cm³/mol. The summed E-state index contributed by atoms with van der Waals surface area (Å²) in [5.74, 6) is 0. The van der Waals surface area contributed by atoms with Crippen LogP contribution in [0.2, 0.25) is 0 Å². The van der Waals surface area contributed by atoms with E-state index in [9.17, 15) is 9.13 Å². The van der Waals surface area contributed by atoms with Gasteiger partial charge in [0.1, 0.15) is 0 Å². The zero-order chi connectivity index (χ0) is 20.9. The van der Waals surface area contributed by atoms with Crippen LogP contribution in [0.5, 0.6) is 0 Å². The molecule has 28 heavy (non-hydrogen) atoms. The van der Waals surface area contributed by atoms with Crippen LogP contribution in [-0.2, 0) is 27.7 Å². The molecule has 6 atom stereocenters. The molecule has 2 aliphatic heterocycles. The van der Waals surface area contributed by atoms with E-state index in [1.165, 1.54) is 0 Å². The standard InChI is InChI=1S/C16H36N4O6P2/c1-13-7-17-8-15(25-13)12-24-28(22,19(5)6)20-9-14(2)26-16(10-20)11-23-27(21)18(3)4/h13-17,27H,7-12H2,1-6H3/t13-,14-,15-,16-,28?/m0/s1. The van der Waals surface area contributed by atoms with Gasteiger partial charge in [-0.3, -0.25) is 9.13 Å². The molecule has 2 rings (SSSR count). The topological polar surface area (TPSA) is 92.8 Å². The van der Waals surface area contributed by atoms with Gasteiger partial charge < -0.3 is 23.8 Å². The Hall–Kier alpha value is 0.140. The number of hydrogen-bond acceptors (Lipinski definition) is 7. The van der Waals surface area contributed by atoms with Crippen molar-refractivity contribution in [3.8, 4) is 0 Å². The summed E-state index contributed by atoms with van der Waals surface area (Å²) in [7, 11) is 1.39. The molecule has 0 bridgehead atoms. The molecule has 0 aromatic heterocycles. The van der Waals surface area contributed by atoms with E-state index in [0.717, 1.165) is 6.54 Å². The van der Waals surface area contributed by atoms with Crippen LogP contribution in [0.4, 0.5) is 0 Å². The fourth-order valence-electron chi connectivity index (χ4n) is 3.21. The van der Waals surface area contributed by atoms with Gasteiger partial charge in [0.05, 0.1) is 37.6 Å². The zero-order valence-electron chi connectivity index (χ0n) is 17.8. The van der Waals surface area contributed by atoms with Gasteiger partial charge in [-0.2, -0.15) is 0 Å². The molecule has 0 radical (unpaired) electrons. The van der Waals surface area contributed by atoms with Gasteiger partial charge in [-0.15, -0.1) is 0 Å². The Morgan fingerprint density at radius 1 is 1.07 bits per heavy atom. The molecule has 0 aromatic rings. The zero-order valence-corrected chi connectivity index (χ0v) is 19.7. The third-order valence-corrected chi connectivity index (χ3v) is 8.27. The Morgan fingerprint density at radius 2 is 1.75 bits per heavy atom. The second-order valence-electron chi connectivity index (χ2n) is 7.77. The second kappa shape index (κ2) is 11.0. The Bertz CT molecular complexity index is 567. The minimum Gasteiger partial charge on any atom is -0.370 e. The third kappa shape index (κ3) is 6.84. The van der Waals surface area contributed by atoms with E-state index in [2.05, 4.69) is 5.32 Å². The lowest BCUT2D eigenvalue weighted by Crippen LogP contribution is -2.49. The van der Waals surface area contributed by atoms with Crippen LogP contribution in [-0.4, -0.2) is 106 Å². The Labute approximate surface area is 169 Å².